The topological polar surface area (TPSA) is 56.7 Å². The molecule has 2 aromatic carbocycles. The number of aromatic nitrogens is 3. The minimum atomic E-state index is -0.371. The Morgan fingerprint density at radius 1 is 1.05 bits per heavy atom. The first-order valence-electron chi connectivity index (χ1n) is 6.19. The Morgan fingerprint density at radius 3 is 2.55 bits per heavy atom. The van der Waals surface area contributed by atoms with Crippen LogP contribution in [0, 0.1) is 12.7 Å². The first-order chi connectivity index (χ1) is 9.66. The summed E-state index contributed by atoms with van der Waals surface area (Å²) in [5.41, 5.74) is 7.45. The molecule has 2 N–H and O–H groups in total. The number of hydrogen-bond acceptors (Lipinski definition) is 3. The Hall–Kier alpha value is -2.69. The smallest absolute Gasteiger partial charge is 0.171 e. The van der Waals surface area contributed by atoms with Gasteiger partial charge in [-0.2, -0.15) is 0 Å². The summed E-state index contributed by atoms with van der Waals surface area (Å²) < 4.78 is 15.8. The van der Waals surface area contributed by atoms with Crippen molar-refractivity contribution in [2.45, 2.75) is 6.92 Å². The van der Waals surface area contributed by atoms with Crippen LogP contribution in [0.2, 0.25) is 0 Å². The SMILES string of the molecule is Cc1nnc(-c2cc(N)ccc2F)n1-c1ccccc1. The lowest BCUT2D eigenvalue weighted by Crippen LogP contribution is -2.01. The monoisotopic (exact) mass is 268 g/mol. The fourth-order valence-electron chi connectivity index (χ4n) is 2.14. The van der Waals surface area contributed by atoms with Crippen LogP contribution in [0.3, 0.4) is 0 Å². The fraction of sp³-hybridized carbons (Fsp3) is 0.0667. The molecule has 4 nitrogen and oxygen atoms in total. The molecule has 3 rings (SSSR count). The average Bonchev–Trinajstić information content (AvgIpc) is 2.84. The fourth-order valence-corrected chi connectivity index (χ4v) is 2.14. The molecule has 20 heavy (non-hydrogen) atoms. The second-order valence-electron chi connectivity index (χ2n) is 4.48. The Kier molecular flexibility index (Phi) is 2.95. The van der Waals surface area contributed by atoms with Crippen LogP contribution in [-0.4, -0.2) is 14.8 Å². The number of para-hydroxylation sites is 1. The van der Waals surface area contributed by atoms with Gasteiger partial charge in [0.25, 0.3) is 0 Å². The maximum atomic E-state index is 14.0. The number of nitrogen functional groups attached to an aromatic ring is 1. The predicted molar refractivity (Wildman–Crippen MR) is 75.9 cm³/mol. The van der Waals surface area contributed by atoms with E-state index in [-0.39, 0.29) is 5.82 Å². The maximum absolute atomic E-state index is 14.0. The number of hydrogen-bond donors (Lipinski definition) is 1. The van der Waals surface area contributed by atoms with Crippen molar-refractivity contribution in [3.05, 3.63) is 60.2 Å². The molecule has 0 radical (unpaired) electrons. The van der Waals surface area contributed by atoms with E-state index in [2.05, 4.69) is 10.2 Å². The molecule has 100 valence electrons. The van der Waals surface area contributed by atoms with Crippen LogP contribution in [0.4, 0.5) is 10.1 Å². The highest BCUT2D eigenvalue weighted by atomic mass is 19.1. The van der Waals surface area contributed by atoms with Gasteiger partial charge in [0.2, 0.25) is 0 Å². The van der Waals surface area contributed by atoms with Gasteiger partial charge in [-0.15, -0.1) is 10.2 Å². The summed E-state index contributed by atoms with van der Waals surface area (Å²) >= 11 is 0. The minimum Gasteiger partial charge on any atom is -0.399 e. The lowest BCUT2D eigenvalue weighted by Gasteiger charge is -2.09. The van der Waals surface area contributed by atoms with Crippen LogP contribution in [0.15, 0.2) is 48.5 Å². The number of aryl methyl sites for hydroxylation is 1. The first-order valence-corrected chi connectivity index (χ1v) is 6.19. The van der Waals surface area contributed by atoms with Gasteiger partial charge in [-0.25, -0.2) is 4.39 Å². The third-order valence-corrected chi connectivity index (χ3v) is 3.07. The van der Waals surface area contributed by atoms with Gasteiger partial charge in [0.1, 0.15) is 11.6 Å². The highest BCUT2D eigenvalue weighted by Gasteiger charge is 2.16. The van der Waals surface area contributed by atoms with Crippen molar-refractivity contribution < 1.29 is 4.39 Å². The molecular weight excluding hydrogens is 255 g/mol. The van der Waals surface area contributed by atoms with E-state index in [4.69, 9.17) is 5.73 Å². The highest BCUT2D eigenvalue weighted by Crippen LogP contribution is 2.26. The molecule has 0 unspecified atom stereocenters. The van der Waals surface area contributed by atoms with E-state index >= 15 is 0 Å². The van der Waals surface area contributed by atoms with Crippen molar-refractivity contribution in [2.24, 2.45) is 0 Å². The van der Waals surface area contributed by atoms with Crippen LogP contribution < -0.4 is 5.73 Å². The summed E-state index contributed by atoms with van der Waals surface area (Å²) in [6.07, 6.45) is 0. The summed E-state index contributed by atoms with van der Waals surface area (Å²) in [4.78, 5) is 0. The Balaban J connectivity index is 2.24. The summed E-state index contributed by atoms with van der Waals surface area (Å²) in [6.45, 7) is 1.83. The van der Waals surface area contributed by atoms with Crippen LogP contribution in [0.25, 0.3) is 17.1 Å². The van der Waals surface area contributed by atoms with Crippen molar-refractivity contribution in [1.29, 1.82) is 0 Å². The van der Waals surface area contributed by atoms with Crippen LogP contribution in [-0.2, 0) is 0 Å². The molecule has 3 aromatic rings. The lowest BCUT2D eigenvalue weighted by molar-refractivity contribution is 0.629. The van der Waals surface area contributed by atoms with Crippen molar-refractivity contribution in [3.63, 3.8) is 0 Å². The molecule has 0 aliphatic rings. The van der Waals surface area contributed by atoms with Crippen LogP contribution in [0.5, 0.6) is 0 Å². The molecule has 0 fully saturated rings. The minimum absolute atomic E-state index is 0.342. The quantitative estimate of drug-likeness (QED) is 0.727. The Labute approximate surface area is 115 Å². The molecule has 0 bridgehead atoms. The van der Waals surface area contributed by atoms with Crippen molar-refractivity contribution in [3.8, 4) is 17.1 Å². The molecule has 0 spiro atoms. The van der Waals surface area contributed by atoms with Crippen LogP contribution >= 0.6 is 0 Å². The molecule has 0 aliphatic carbocycles. The zero-order chi connectivity index (χ0) is 14.1. The molecular formula is C15H13FN4. The van der Waals surface area contributed by atoms with Gasteiger partial charge in [-0.1, -0.05) is 18.2 Å². The normalized spacial score (nSPS) is 10.7. The van der Waals surface area contributed by atoms with E-state index in [1.165, 1.54) is 12.1 Å². The second-order valence-corrected chi connectivity index (χ2v) is 4.48. The van der Waals surface area contributed by atoms with E-state index in [9.17, 15) is 4.39 Å². The van der Waals surface area contributed by atoms with Crippen molar-refractivity contribution in [2.75, 3.05) is 5.73 Å². The van der Waals surface area contributed by atoms with Gasteiger partial charge in [-0.3, -0.25) is 4.57 Å². The number of halogens is 1. The number of nitrogens with zero attached hydrogens (tertiary/aromatic N) is 3. The van der Waals surface area contributed by atoms with Gasteiger partial charge in [0.15, 0.2) is 5.82 Å². The van der Waals surface area contributed by atoms with E-state index < -0.39 is 0 Å². The largest absolute Gasteiger partial charge is 0.399 e. The van der Waals surface area contributed by atoms with Gasteiger partial charge in [-0.05, 0) is 37.3 Å². The summed E-state index contributed by atoms with van der Waals surface area (Å²) in [6, 6.07) is 14.0. The molecule has 0 aliphatic heterocycles. The van der Waals surface area contributed by atoms with Crippen molar-refractivity contribution >= 4 is 5.69 Å². The van der Waals surface area contributed by atoms with E-state index in [0.29, 0.717) is 22.9 Å². The summed E-state index contributed by atoms with van der Waals surface area (Å²) in [7, 11) is 0. The number of benzene rings is 2. The Morgan fingerprint density at radius 2 is 1.80 bits per heavy atom. The van der Waals surface area contributed by atoms with Gasteiger partial charge >= 0.3 is 0 Å². The van der Waals surface area contributed by atoms with Gasteiger partial charge in [0.05, 0.1) is 5.56 Å². The predicted octanol–water partition coefficient (Wildman–Crippen LogP) is 2.96. The number of nitrogens with two attached hydrogens (primary N) is 1. The molecule has 0 amide bonds. The summed E-state index contributed by atoms with van der Waals surface area (Å²) in [5, 5.41) is 8.13. The molecule has 0 atom stereocenters. The molecule has 0 saturated heterocycles. The average molecular weight is 268 g/mol. The van der Waals surface area contributed by atoms with Gasteiger partial charge < -0.3 is 5.73 Å². The van der Waals surface area contributed by atoms with Crippen LogP contribution in [0.1, 0.15) is 5.82 Å². The maximum Gasteiger partial charge on any atom is 0.171 e. The zero-order valence-electron chi connectivity index (χ0n) is 10.9. The molecule has 0 saturated carbocycles. The van der Waals surface area contributed by atoms with E-state index in [1.54, 1.807) is 10.6 Å². The second kappa shape index (κ2) is 4.77. The summed E-state index contributed by atoms with van der Waals surface area (Å²) in [5.74, 6) is 0.760. The van der Waals surface area contributed by atoms with E-state index in [1.807, 2.05) is 37.3 Å². The molecule has 1 heterocycles. The standard InChI is InChI=1S/C15H13FN4/c1-10-18-19-15(13-9-11(17)7-8-14(13)16)20(10)12-5-3-2-4-6-12/h2-9H,17H2,1H3. The highest BCUT2D eigenvalue weighted by molar-refractivity contribution is 5.64. The van der Waals surface area contributed by atoms with E-state index in [0.717, 1.165) is 5.69 Å². The van der Waals surface area contributed by atoms with Gasteiger partial charge in [0, 0.05) is 11.4 Å². The zero-order valence-corrected chi connectivity index (χ0v) is 10.9. The first kappa shape index (κ1) is 12.3. The third-order valence-electron chi connectivity index (χ3n) is 3.07. The van der Waals surface area contributed by atoms with Crippen molar-refractivity contribution in [1.82, 2.24) is 14.8 Å². The lowest BCUT2D eigenvalue weighted by atomic mass is 10.1. The molecule has 5 heteroatoms. The Bertz CT molecular complexity index is 750. The number of anilines is 1. The third kappa shape index (κ3) is 2.03. The number of rotatable bonds is 2. The molecule has 1 aromatic heterocycles.